The third-order valence-electron chi connectivity index (χ3n) is 4.10. The highest BCUT2D eigenvalue weighted by Gasteiger charge is 2.28. The normalized spacial score (nSPS) is 17.1. The maximum Gasteiger partial charge on any atom is 0.0651 e. The lowest BCUT2D eigenvalue weighted by Gasteiger charge is -2.31. The Kier molecular flexibility index (Phi) is 6.73. The highest BCUT2D eigenvalue weighted by Crippen LogP contribution is 2.34. The summed E-state index contributed by atoms with van der Waals surface area (Å²) in [6.07, 6.45) is 6.79. The number of halogens is 1. The molecule has 0 aliphatic heterocycles. The van der Waals surface area contributed by atoms with Gasteiger partial charge in [0.25, 0.3) is 0 Å². The van der Waals surface area contributed by atoms with Crippen molar-refractivity contribution < 1.29 is 5.11 Å². The van der Waals surface area contributed by atoms with E-state index in [-0.39, 0.29) is 11.3 Å². The van der Waals surface area contributed by atoms with Crippen LogP contribution in [0.1, 0.15) is 46.1 Å². The lowest BCUT2D eigenvalue weighted by atomic mass is 9.77. The molecule has 2 atom stereocenters. The molecule has 1 aromatic rings. The molecule has 0 saturated carbocycles. The summed E-state index contributed by atoms with van der Waals surface area (Å²) in [5, 5.41) is 10.1. The summed E-state index contributed by atoms with van der Waals surface area (Å²) in [5.41, 5.74) is 0.780. The van der Waals surface area contributed by atoms with E-state index in [0.717, 1.165) is 17.3 Å². The van der Waals surface area contributed by atoms with Gasteiger partial charge in [-0.25, -0.2) is 0 Å². The van der Waals surface area contributed by atoms with Gasteiger partial charge < -0.3 is 5.11 Å². The quantitative estimate of drug-likeness (QED) is 0.392. The van der Waals surface area contributed by atoms with E-state index in [1.807, 2.05) is 13.8 Å². The Morgan fingerprint density at radius 3 is 2.30 bits per heavy atom. The molecule has 0 aromatic heterocycles. The van der Waals surface area contributed by atoms with E-state index in [2.05, 4.69) is 78.9 Å². The molecular weight excluding hydrogens is 359 g/mol. The molecule has 0 aliphatic rings. The number of rotatable bonds is 7. The van der Waals surface area contributed by atoms with Crippen LogP contribution in [-0.4, -0.2) is 15.1 Å². The van der Waals surface area contributed by atoms with Crippen LogP contribution < -0.4 is 0 Å². The second-order valence-electron chi connectivity index (χ2n) is 6.21. The summed E-state index contributed by atoms with van der Waals surface area (Å²) in [4.78, 5) is 0. The van der Waals surface area contributed by atoms with Gasteiger partial charge in [-0.1, -0.05) is 85.3 Å². The Labute approximate surface area is 137 Å². The molecule has 1 N–H and O–H groups in total. The lowest BCUT2D eigenvalue weighted by Crippen LogP contribution is -2.29. The predicted octanol–water partition coefficient (Wildman–Crippen LogP) is 5.12. The molecule has 0 amide bonds. The van der Waals surface area contributed by atoms with Crippen molar-refractivity contribution in [2.45, 2.75) is 51.6 Å². The van der Waals surface area contributed by atoms with Crippen molar-refractivity contribution >= 4 is 22.6 Å². The van der Waals surface area contributed by atoms with Gasteiger partial charge in [-0.2, -0.15) is 0 Å². The zero-order valence-electron chi connectivity index (χ0n) is 13.1. The minimum atomic E-state index is -0.670. The van der Waals surface area contributed by atoms with Gasteiger partial charge >= 0.3 is 0 Å². The van der Waals surface area contributed by atoms with E-state index in [1.54, 1.807) is 0 Å². The maximum atomic E-state index is 10.1. The summed E-state index contributed by atoms with van der Waals surface area (Å²) in [6.45, 7) is 8.05. The van der Waals surface area contributed by atoms with Gasteiger partial charge in [-0.3, -0.25) is 0 Å². The lowest BCUT2D eigenvalue weighted by molar-refractivity contribution is 0.0438. The Hall–Kier alpha value is -0.350. The second-order valence-corrected chi connectivity index (χ2v) is 6.97. The number of benzene rings is 1. The molecule has 0 unspecified atom stereocenters. The van der Waals surface area contributed by atoms with Crippen LogP contribution in [0.4, 0.5) is 0 Å². The van der Waals surface area contributed by atoms with E-state index in [4.69, 9.17) is 0 Å². The van der Waals surface area contributed by atoms with Crippen LogP contribution in [0, 0.1) is 5.92 Å². The molecule has 0 heterocycles. The fourth-order valence-electron chi connectivity index (χ4n) is 2.29. The molecule has 0 saturated heterocycles. The van der Waals surface area contributed by atoms with Crippen molar-refractivity contribution in [2.24, 2.45) is 5.92 Å². The van der Waals surface area contributed by atoms with Crippen LogP contribution in [0.5, 0.6) is 0 Å². The van der Waals surface area contributed by atoms with Crippen LogP contribution in [-0.2, 0) is 5.41 Å². The number of alkyl halides is 1. The molecule has 0 aliphatic carbocycles. The van der Waals surface area contributed by atoms with E-state index in [9.17, 15) is 5.11 Å². The van der Waals surface area contributed by atoms with Crippen molar-refractivity contribution in [2.75, 3.05) is 4.43 Å². The standard InChI is InChI=1S/C18H27IO/c1-5-12-18(14-19,16-9-7-6-8-10-16)13-11-15(2)17(3,4)20/h6-11,13,15,20H,5,12,14H2,1-4H3/b13-11+/t15-,18+/m1/s1. The van der Waals surface area contributed by atoms with Gasteiger partial charge in [-0.15, -0.1) is 0 Å². The number of aliphatic hydroxyl groups is 1. The van der Waals surface area contributed by atoms with Crippen molar-refractivity contribution in [3.63, 3.8) is 0 Å². The molecule has 1 rings (SSSR count). The summed E-state index contributed by atoms with van der Waals surface area (Å²) in [6, 6.07) is 10.7. The van der Waals surface area contributed by atoms with Crippen molar-refractivity contribution in [1.29, 1.82) is 0 Å². The first-order chi connectivity index (χ1) is 9.35. The number of hydrogen-bond acceptors (Lipinski definition) is 1. The Morgan fingerprint density at radius 1 is 1.25 bits per heavy atom. The average Bonchev–Trinajstić information content (AvgIpc) is 2.43. The van der Waals surface area contributed by atoms with Crippen LogP contribution in [0.2, 0.25) is 0 Å². The second kappa shape index (κ2) is 7.60. The highest BCUT2D eigenvalue weighted by atomic mass is 127. The summed E-state index contributed by atoms with van der Waals surface area (Å²) in [7, 11) is 0. The molecule has 0 fully saturated rings. The smallest absolute Gasteiger partial charge is 0.0651 e. The fraction of sp³-hybridized carbons (Fsp3) is 0.556. The largest absolute Gasteiger partial charge is 0.390 e. The monoisotopic (exact) mass is 386 g/mol. The van der Waals surface area contributed by atoms with E-state index < -0.39 is 5.60 Å². The van der Waals surface area contributed by atoms with Crippen molar-refractivity contribution in [3.05, 3.63) is 48.0 Å². The molecular formula is C18H27IO. The zero-order chi connectivity index (χ0) is 15.2. The zero-order valence-corrected chi connectivity index (χ0v) is 15.2. The Balaban J connectivity index is 3.10. The van der Waals surface area contributed by atoms with Gasteiger partial charge in [0, 0.05) is 15.8 Å². The number of allylic oxidation sites excluding steroid dienone is 1. The van der Waals surface area contributed by atoms with Crippen LogP contribution in [0.3, 0.4) is 0 Å². The average molecular weight is 386 g/mol. The van der Waals surface area contributed by atoms with E-state index in [1.165, 1.54) is 5.56 Å². The summed E-state index contributed by atoms with van der Waals surface area (Å²) in [5.74, 6) is 0.144. The van der Waals surface area contributed by atoms with Gasteiger partial charge in [-0.05, 0) is 25.8 Å². The molecule has 0 radical (unpaired) electrons. The van der Waals surface area contributed by atoms with Gasteiger partial charge in [0.2, 0.25) is 0 Å². The first-order valence-electron chi connectivity index (χ1n) is 7.39. The first-order valence-corrected chi connectivity index (χ1v) is 8.91. The van der Waals surface area contributed by atoms with E-state index >= 15 is 0 Å². The molecule has 1 aromatic carbocycles. The van der Waals surface area contributed by atoms with Gasteiger partial charge in [0.15, 0.2) is 0 Å². The highest BCUT2D eigenvalue weighted by molar-refractivity contribution is 14.1. The van der Waals surface area contributed by atoms with Crippen LogP contribution >= 0.6 is 22.6 Å². The Morgan fingerprint density at radius 2 is 1.85 bits per heavy atom. The molecule has 20 heavy (non-hydrogen) atoms. The van der Waals surface area contributed by atoms with Gasteiger partial charge in [0.05, 0.1) is 5.60 Å². The fourth-order valence-corrected chi connectivity index (χ4v) is 3.37. The minimum Gasteiger partial charge on any atom is -0.390 e. The Bertz CT molecular complexity index is 419. The molecule has 1 nitrogen and oxygen atoms in total. The van der Waals surface area contributed by atoms with Crippen LogP contribution in [0.25, 0.3) is 0 Å². The van der Waals surface area contributed by atoms with Crippen LogP contribution in [0.15, 0.2) is 42.5 Å². The molecule has 0 spiro atoms. The minimum absolute atomic E-state index is 0.0794. The predicted molar refractivity (Wildman–Crippen MR) is 96.5 cm³/mol. The molecule has 2 heteroatoms. The van der Waals surface area contributed by atoms with Gasteiger partial charge in [0.1, 0.15) is 0 Å². The first kappa shape index (κ1) is 17.7. The van der Waals surface area contributed by atoms with Crippen molar-refractivity contribution in [3.8, 4) is 0 Å². The third-order valence-corrected chi connectivity index (χ3v) is 5.46. The topological polar surface area (TPSA) is 20.2 Å². The SMILES string of the molecule is CCC[C@](/C=C/[C@@H](C)C(C)(C)O)(CI)c1ccccc1. The summed E-state index contributed by atoms with van der Waals surface area (Å²) < 4.78 is 1.05. The summed E-state index contributed by atoms with van der Waals surface area (Å²) >= 11 is 2.48. The number of hydrogen-bond donors (Lipinski definition) is 1. The van der Waals surface area contributed by atoms with Crippen molar-refractivity contribution in [1.82, 2.24) is 0 Å². The maximum absolute atomic E-state index is 10.1. The molecule has 112 valence electrons. The molecule has 0 bridgehead atoms. The third kappa shape index (κ3) is 4.59. The van der Waals surface area contributed by atoms with E-state index in [0.29, 0.717) is 0 Å².